The molecule has 0 radical (unpaired) electrons. The Morgan fingerprint density at radius 1 is 1.00 bits per heavy atom. The number of anilines is 1. The molecule has 8 heteroatoms. The molecule has 3 heterocycles. The first-order valence-electron chi connectivity index (χ1n) is 13.1. The van der Waals surface area contributed by atoms with Gasteiger partial charge in [0.15, 0.2) is 0 Å². The summed E-state index contributed by atoms with van der Waals surface area (Å²) in [6.07, 6.45) is 6.63. The Kier molecular flexibility index (Phi) is 6.02. The number of aromatic nitrogens is 2. The number of hydrogen-bond donors (Lipinski definition) is 1. The van der Waals surface area contributed by atoms with E-state index in [0.29, 0.717) is 37.7 Å². The van der Waals surface area contributed by atoms with Crippen LogP contribution in [0, 0.1) is 5.92 Å². The Hall–Kier alpha value is -2.87. The molecule has 0 unspecified atom stereocenters. The summed E-state index contributed by atoms with van der Waals surface area (Å²) in [6.45, 7) is 1.08. The highest BCUT2D eigenvalue weighted by molar-refractivity contribution is 5.94. The topological polar surface area (TPSA) is 53.6 Å². The van der Waals surface area contributed by atoms with Crippen molar-refractivity contribution in [3.8, 4) is 11.1 Å². The number of halogens is 3. The minimum absolute atomic E-state index is 0.0801. The number of benzene rings is 2. The standard InChI is InChI=1S/C28H31F3N4O/c29-28(30,31)26-21-8-11-32-27(21)22(15-25(26)34-12-9-18(16-36)10-13-34)19-6-7-24-23(14-19)33-17-35(24)20-4-2-1-3-5-20/h6-7,11,14-15,17-18,20,36H,1-5,8-10,12-13,16H2. The summed E-state index contributed by atoms with van der Waals surface area (Å²) < 4.78 is 45.4. The first-order valence-corrected chi connectivity index (χ1v) is 13.1. The summed E-state index contributed by atoms with van der Waals surface area (Å²) in [7, 11) is 0. The lowest BCUT2D eigenvalue weighted by Crippen LogP contribution is -2.36. The highest BCUT2D eigenvalue weighted by Crippen LogP contribution is 2.49. The first kappa shape index (κ1) is 23.5. The van der Waals surface area contributed by atoms with Crippen molar-refractivity contribution in [1.82, 2.24) is 9.55 Å². The SMILES string of the molecule is OCC1CCN(c2cc(-c3ccc4c(c3)ncn4C3CCCCC3)c3c(c2C(F)(F)F)CC=N3)CC1. The monoisotopic (exact) mass is 496 g/mol. The van der Waals surface area contributed by atoms with Crippen molar-refractivity contribution in [3.63, 3.8) is 0 Å². The second kappa shape index (κ2) is 9.21. The minimum atomic E-state index is -4.47. The summed E-state index contributed by atoms with van der Waals surface area (Å²) in [5.41, 5.74) is 3.83. The molecule has 1 aromatic heterocycles. The molecule has 190 valence electrons. The molecule has 2 aliphatic heterocycles. The van der Waals surface area contributed by atoms with Crippen molar-refractivity contribution in [1.29, 1.82) is 0 Å². The van der Waals surface area contributed by atoms with E-state index >= 15 is 0 Å². The summed E-state index contributed by atoms with van der Waals surface area (Å²) in [5, 5.41) is 9.50. The maximum absolute atomic E-state index is 14.4. The van der Waals surface area contributed by atoms with E-state index in [9.17, 15) is 18.3 Å². The van der Waals surface area contributed by atoms with Gasteiger partial charge in [-0.1, -0.05) is 25.3 Å². The van der Waals surface area contributed by atoms with Crippen LogP contribution in [0.15, 0.2) is 35.6 Å². The van der Waals surface area contributed by atoms with E-state index in [2.05, 4.69) is 20.6 Å². The number of aliphatic hydroxyl groups excluding tert-OH is 1. The zero-order valence-corrected chi connectivity index (χ0v) is 20.3. The lowest BCUT2D eigenvalue weighted by atomic mass is 9.91. The third kappa shape index (κ3) is 4.09. The lowest BCUT2D eigenvalue weighted by molar-refractivity contribution is -0.137. The van der Waals surface area contributed by atoms with E-state index in [-0.39, 0.29) is 30.2 Å². The van der Waals surface area contributed by atoms with Crippen LogP contribution in [0.25, 0.3) is 22.2 Å². The predicted octanol–water partition coefficient (Wildman–Crippen LogP) is 6.69. The van der Waals surface area contributed by atoms with Gasteiger partial charge in [0.25, 0.3) is 0 Å². The van der Waals surface area contributed by atoms with Crippen molar-refractivity contribution < 1.29 is 18.3 Å². The second-order valence-electron chi connectivity index (χ2n) is 10.4. The zero-order valence-electron chi connectivity index (χ0n) is 20.3. The number of hydrogen-bond acceptors (Lipinski definition) is 4. The van der Waals surface area contributed by atoms with Crippen molar-refractivity contribution in [2.45, 2.75) is 63.6 Å². The number of aliphatic hydroxyl groups is 1. The maximum atomic E-state index is 14.4. The fourth-order valence-electron chi connectivity index (χ4n) is 6.28. The summed E-state index contributed by atoms with van der Waals surface area (Å²) in [5.74, 6) is 0.148. The third-order valence-electron chi connectivity index (χ3n) is 8.25. The molecule has 0 amide bonds. The number of imidazole rings is 1. The average Bonchev–Trinajstić information content (AvgIpc) is 3.55. The second-order valence-corrected chi connectivity index (χ2v) is 10.4. The van der Waals surface area contributed by atoms with Crippen molar-refractivity contribution >= 4 is 28.6 Å². The van der Waals surface area contributed by atoms with Crippen LogP contribution in [-0.4, -0.2) is 40.6 Å². The third-order valence-corrected chi connectivity index (χ3v) is 8.25. The number of piperidine rings is 1. The van der Waals surface area contributed by atoms with Crippen LogP contribution in [-0.2, 0) is 12.6 Å². The number of fused-ring (bicyclic) bond motifs is 2. The minimum Gasteiger partial charge on any atom is -0.396 e. The molecule has 0 bridgehead atoms. The molecule has 2 aromatic carbocycles. The van der Waals surface area contributed by atoms with Gasteiger partial charge in [0, 0.05) is 43.9 Å². The molecule has 0 atom stereocenters. The van der Waals surface area contributed by atoms with Gasteiger partial charge in [0.2, 0.25) is 0 Å². The van der Waals surface area contributed by atoms with Gasteiger partial charge in [-0.2, -0.15) is 13.2 Å². The van der Waals surface area contributed by atoms with Gasteiger partial charge in [0.1, 0.15) is 0 Å². The van der Waals surface area contributed by atoms with Gasteiger partial charge in [-0.3, -0.25) is 4.99 Å². The van der Waals surface area contributed by atoms with E-state index < -0.39 is 11.7 Å². The fourth-order valence-corrected chi connectivity index (χ4v) is 6.28. The van der Waals surface area contributed by atoms with Crippen LogP contribution >= 0.6 is 0 Å². The van der Waals surface area contributed by atoms with E-state index in [1.165, 1.54) is 19.3 Å². The molecule has 0 spiro atoms. The summed E-state index contributed by atoms with van der Waals surface area (Å²) in [6, 6.07) is 8.20. The van der Waals surface area contributed by atoms with Gasteiger partial charge < -0.3 is 14.6 Å². The van der Waals surface area contributed by atoms with Crippen LogP contribution in [0.4, 0.5) is 24.5 Å². The predicted molar refractivity (Wildman–Crippen MR) is 136 cm³/mol. The number of aliphatic imine (C=N–C) groups is 1. The van der Waals surface area contributed by atoms with E-state index in [1.54, 1.807) is 12.3 Å². The van der Waals surface area contributed by atoms with Gasteiger partial charge in [-0.05, 0) is 60.9 Å². The van der Waals surface area contributed by atoms with Crippen LogP contribution in [0.2, 0.25) is 0 Å². The highest BCUT2D eigenvalue weighted by atomic mass is 19.4. The number of rotatable bonds is 4. The van der Waals surface area contributed by atoms with Crippen molar-refractivity contribution in [2.75, 3.05) is 24.6 Å². The van der Waals surface area contributed by atoms with E-state index in [4.69, 9.17) is 0 Å². The van der Waals surface area contributed by atoms with E-state index in [1.807, 2.05) is 23.4 Å². The molecular weight excluding hydrogens is 465 g/mol. The van der Waals surface area contributed by atoms with Crippen molar-refractivity contribution in [2.24, 2.45) is 10.9 Å². The lowest BCUT2D eigenvalue weighted by Gasteiger charge is -2.35. The number of alkyl halides is 3. The normalized spacial score (nSPS) is 19.4. The molecule has 2 fully saturated rings. The smallest absolute Gasteiger partial charge is 0.396 e. The largest absolute Gasteiger partial charge is 0.418 e. The Morgan fingerprint density at radius 3 is 2.50 bits per heavy atom. The Morgan fingerprint density at radius 2 is 1.78 bits per heavy atom. The van der Waals surface area contributed by atoms with Crippen LogP contribution in [0.3, 0.4) is 0 Å². The zero-order chi connectivity index (χ0) is 24.9. The van der Waals surface area contributed by atoms with Crippen LogP contribution in [0.1, 0.15) is 62.1 Å². The Labute approximate surface area is 208 Å². The molecule has 36 heavy (non-hydrogen) atoms. The summed E-state index contributed by atoms with van der Waals surface area (Å²) >= 11 is 0. The molecule has 1 saturated carbocycles. The van der Waals surface area contributed by atoms with Gasteiger partial charge in [0.05, 0.1) is 34.3 Å². The fraction of sp³-hybridized carbons (Fsp3) is 0.500. The molecule has 6 rings (SSSR count). The molecule has 1 aliphatic carbocycles. The molecule has 3 aromatic rings. The average molecular weight is 497 g/mol. The maximum Gasteiger partial charge on any atom is 0.418 e. The molecule has 5 nitrogen and oxygen atoms in total. The molecular formula is C28H31F3N4O. The van der Waals surface area contributed by atoms with Gasteiger partial charge in [-0.15, -0.1) is 0 Å². The molecule has 3 aliphatic rings. The Balaban J connectivity index is 1.44. The number of nitrogens with zero attached hydrogens (tertiary/aromatic N) is 4. The highest BCUT2D eigenvalue weighted by Gasteiger charge is 2.41. The molecule has 1 N–H and O–H groups in total. The quantitative estimate of drug-likeness (QED) is 0.438. The van der Waals surface area contributed by atoms with Gasteiger partial charge >= 0.3 is 6.18 Å². The Bertz CT molecular complexity index is 1300. The van der Waals surface area contributed by atoms with Crippen molar-refractivity contribution in [3.05, 3.63) is 41.7 Å². The van der Waals surface area contributed by atoms with Crippen LogP contribution < -0.4 is 4.90 Å². The van der Waals surface area contributed by atoms with E-state index in [0.717, 1.165) is 35.0 Å². The van der Waals surface area contributed by atoms with Crippen LogP contribution in [0.5, 0.6) is 0 Å². The van der Waals surface area contributed by atoms with Gasteiger partial charge in [-0.25, -0.2) is 4.98 Å². The molecule has 1 saturated heterocycles. The first-order chi connectivity index (χ1) is 17.4. The summed E-state index contributed by atoms with van der Waals surface area (Å²) in [4.78, 5) is 10.9.